The van der Waals surface area contributed by atoms with Gasteiger partial charge in [0, 0.05) is 12.7 Å². The maximum Gasteiger partial charge on any atom is 0.151 e. The number of hydrogen-bond donors (Lipinski definition) is 3. The number of hydrogen-bond acceptors (Lipinski definition) is 4. The minimum atomic E-state index is 0.106. The van der Waals surface area contributed by atoms with Crippen molar-refractivity contribution in [3.05, 3.63) is 12.3 Å². The zero-order valence-electron chi connectivity index (χ0n) is 6.20. The number of rotatable bonds is 2. The highest BCUT2D eigenvalue weighted by Gasteiger charge is 2.09. The Labute approximate surface area is 65.2 Å². The summed E-state index contributed by atoms with van der Waals surface area (Å²) in [5, 5.41) is 15.2. The number of aliphatic hydroxyl groups is 1. The van der Waals surface area contributed by atoms with Gasteiger partial charge in [0.25, 0.3) is 0 Å². The first-order valence-corrected chi connectivity index (χ1v) is 3.42. The quantitative estimate of drug-likeness (QED) is 0.340. The van der Waals surface area contributed by atoms with Gasteiger partial charge >= 0.3 is 0 Å². The molecule has 11 heavy (non-hydrogen) atoms. The van der Waals surface area contributed by atoms with Gasteiger partial charge in [0.15, 0.2) is 5.84 Å². The molecule has 0 spiro atoms. The van der Waals surface area contributed by atoms with Crippen LogP contribution in [0.2, 0.25) is 0 Å². The van der Waals surface area contributed by atoms with Crippen LogP contribution in [0.25, 0.3) is 0 Å². The van der Waals surface area contributed by atoms with Crippen LogP contribution in [0.4, 0.5) is 0 Å². The van der Waals surface area contributed by atoms with Crippen LogP contribution in [0.15, 0.2) is 17.4 Å². The lowest BCUT2D eigenvalue weighted by molar-refractivity contribution is 0.245. The van der Waals surface area contributed by atoms with E-state index in [1.807, 2.05) is 4.90 Å². The van der Waals surface area contributed by atoms with Gasteiger partial charge in [0.05, 0.1) is 13.3 Å². The van der Waals surface area contributed by atoms with Crippen LogP contribution >= 0.6 is 0 Å². The molecule has 0 unspecified atom stereocenters. The first kappa shape index (κ1) is 7.87. The van der Waals surface area contributed by atoms with Crippen LogP contribution < -0.4 is 11.2 Å². The van der Waals surface area contributed by atoms with Gasteiger partial charge in [0.2, 0.25) is 0 Å². The summed E-state index contributed by atoms with van der Waals surface area (Å²) in [5.41, 5.74) is 0. The molecular weight excluding hydrogens is 144 g/mol. The van der Waals surface area contributed by atoms with Crippen molar-refractivity contribution in [3.63, 3.8) is 0 Å². The van der Waals surface area contributed by atoms with Crippen LogP contribution in [0.5, 0.6) is 0 Å². The molecule has 0 fully saturated rings. The highest BCUT2D eigenvalue weighted by atomic mass is 16.3. The predicted molar refractivity (Wildman–Crippen MR) is 42.6 cm³/mol. The number of aliphatic hydroxyl groups excluding tert-OH is 1. The average Bonchev–Trinajstić information content (AvgIpc) is 2.06. The molecule has 0 atom stereocenters. The summed E-state index contributed by atoms with van der Waals surface area (Å²) in [5.74, 6) is 5.80. The predicted octanol–water partition coefficient (Wildman–Crippen LogP) is -1.37. The third-order valence-corrected chi connectivity index (χ3v) is 1.46. The molecule has 0 aliphatic carbocycles. The Kier molecular flexibility index (Phi) is 2.74. The van der Waals surface area contributed by atoms with E-state index in [0.29, 0.717) is 19.0 Å². The van der Waals surface area contributed by atoms with E-state index in [-0.39, 0.29) is 6.61 Å². The number of nitrogens with zero attached hydrogens (tertiary/aromatic N) is 2. The largest absolute Gasteiger partial charge is 0.395 e. The van der Waals surface area contributed by atoms with Crippen molar-refractivity contribution in [2.75, 3.05) is 19.8 Å². The number of amidine groups is 1. The lowest BCUT2D eigenvalue weighted by Crippen LogP contribution is -2.41. The highest BCUT2D eigenvalue weighted by Crippen LogP contribution is 1.95. The molecule has 0 bridgehead atoms. The Morgan fingerprint density at radius 1 is 1.82 bits per heavy atom. The van der Waals surface area contributed by atoms with E-state index in [0.717, 1.165) is 0 Å². The second-order valence-corrected chi connectivity index (χ2v) is 2.17. The number of β-amino-alcohol motifs (C(OH)–C–C–N with tert-alkyl or cyclic N) is 1. The Hall–Kier alpha value is -1.23. The van der Waals surface area contributed by atoms with E-state index in [2.05, 4.69) is 10.4 Å². The summed E-state index contributed by atoms with van der Waals surface area (Å²) in [6.45, 7) is 1.30. The van der Waals surface area contributed by atoms with Crippen LogP contribution in [0.3, 0.4) is 0 Å². The van der Waals surface area contributed by atoms with Crippen molar-refractivity contribution in [1.29, 1.82) is 0 Å². The van der Waals surface area contributed by atoms with Crippen molar-refractivity contribution in [2.24, 2.45) is 10.9 Å². The molecule has 5 heteroatoms. The fraction of sp³-hybridized carbons (Fsp3) is 0.500. The lowest BCUT2D eigenvalue weighted by atomic mass is 10.4. The molecule has 0 amide bonds. The average molecular weight is 156 g/mol. The summed E-state index contributed by atoms with van der Waals surface area (Å²) in [6, 6.07) is 0. The number of nitrogens with one attached hydrogen (secondary N) is 1. The lowest BCUT2D eigenvalue weighted by Gasteiger charge is -2.25. The summed E-state index contributed by atoms with van der Waals surface area (Å²) in [6.07, 6.45) is 3.54. The van der Waals surface area contributed by atoms with Crippen molar-refractivity contribution in [1.82, 2.24) is 10.2 Å². The van der Waals surface area contributed by atoms with Crippen molar-refractivity contribution in [3.8, 4) is 0 Å². The first-order valence-electron chi connectivity index (χ1n) is 3.42. The molecule has 0 saturated heterocycles. The topological polar surface area (TPSA) is 73.9 Å². The van der Waals surface area contributed by atoms with Crippen LogP contribution in [0, 0.1) is 0 Å². The summed E-state index contributed by atoms with van der Waals surface area (Å²) in [4.78, 5) is 1.85. The molecule has 0 aromatic heterocycles. The molecule has 1 rings (SSSR count). The second kappa shape index (κ2) is 3.82. The minimum Gasteiger partial charge on any atom is -0.395 e. The Bertz CT molecular complexity index is 177. The summed E-state index contributed by atoms with van der Waals surface area (Å²) < 4.78 is 0. The Balaban J connectivity index is 2.57. The van der Waals surface area contributed by atoms with Gasteiger partial charge in [-0.05, 0) is 6.08 Å². The normalized spacial score (nSPS) is 20.5. The van der Waals surface area contributed by atoms with E-state index >= 15 is 0 Å². The molecule has 1 aliphatic heterocycles. The maximum absolute atomic E-state index is 8.64. The molecule has 0 saturated carbocycles. The highest BCUT2D eigenvalue weighted by molar-refractivity contribution is 5.93. The molecule has 1 aliphatic rings. The molecule has 0 aromatic carbocycles. The smallest absolute Gasteiger partial charge is 0.151 e. The van der Waals surface area contributed by atoms with E-state index in [1.54, 1.807) is 12.3 Å². The maximum atomic E-state index is 8.64. The Morgan fingerprint density at radius 3 is 3.27 bits per heavy atom. The zero-order valence-corrected chi connectivity index (χ0v) is 6.20. The van der Waals surface area contributed by atoms with Crippen LogP contribution in [0.1, 0.15) is 0 Å². The SMILES string of the molecule is NN=C1C=CNCN1CCO. The summed E-state index contributed by atoms with van der Waals surface area (Å²) >= 11 is 0. The van der Waals surface area contributed by atoms with E-state index in [4.69, 9.17) is 10.9 Å². The van der Waals surface area contributed by atoms with Crippen LogP contribution in [-0.2, 0) is 0 Å². The minimum absolute atomic E-state index is 0.106. The van der Waals surface area contributed by atoms with Crippen molar-refractivity contribution in [2.45, 2.75) is 0 Å². The van der Waals surface area contributed by atoms with Gasteiger partial charge in [-0.15, -0.1) is 0 Å². The summed E-state index contributed by atoms with van der Waals surface area (Å²) in [7, 11) is 0. The van der Waals surface area contributed by atoms with Gasteiger partial charge in [0.1, 0.15) is 0 Å². The van der Waals surface area contributed by atoms with Crippen molar-refractivity contribution < 1.29 is 5.11 Å². The standard InChI is InChI=1S/C6H12N4O/c7-9-6-1-2-8-5-10(6)3-4-11/h1-2,8,11H,3-5,7H2. The van der Waals surface area contributed by atoms with Gasteiger partial charge < -0.3 is 21.2 Å². The van der Waals surface area contributed by atoms with E-state index < -0.39 is 0 Å². The van der Waals surface area contributed by atoms with E-state index in [1.165, 1.54) is 0 Å². The fourth-order valence-corrected chi connectivity index (χ4v) is 0.922. The molecule has 1 heterocycles. The number of hydrazone groups is 1. The van der Waals surface area contributed by atoms with E-state index in [9.17, 15) is 0 Å². The van der Waals surface area contributed by atoms with Crippen LogP contribution in [-0.4, -0.2) is 35.7 Å². The second-order valence-electron chi connectivity index (χ2n) is 2.17. The van der Waals surface area contributed by atoms with Gasteiger partial charge in [-0.2, -0.15) is 5.10 Å². The molecule has 4 N–H and O–H groups in total. The van der Waals surface area contributed by atoms with Gasteiger partial charge in [-0.3, -0.25) is 0 Å². The first-order chi connectivity index (χ1) is 5.38. The van der Waals surface area contributed by atoms with Crippen molar-refractivity contribution >= 4 is 5.84 Å². The fourth-order valence-electron chi connectivity index (χ4n) is 0.922. The number of nitrogens with two attached hydrogens (primary N) is 1. The molecule has 0 aromatic rings. The zero-order chi connectivity index (χ0) is 8.10. The van der Waals surface area contributed by atoms with Gasteiger partial charge in [-0.25, -0.2) is 0 Å². The van der Waals surface area contributed by atoms with Gasteiger partial charge in [-0.1, -0.05) is 0 Å². The molecule has 0 radical (unpaired) electrons. The third kappa shape index (κ3) is 1.84. The molecular formula is C6H12N4O. The third-order valence-electron chi connectivity index (χ3n) is 1.46. The monoisotopic (exact) mass is 156 g/mol. The Morgan fingerprint density at radius 2 is 2.64 bits per heavy atom. The molecule has 5 nitrogen and oxygen atoms in total. The molecule has 62 valence electrons.